The third-order valence-corrected chi connectivity index (χ3v) is 7.02. The predicted octanol–water partition coefficient (Wildman–Crippen LogP) is 2.92. The fourth-order valence-corrected chi connectivity index (χ4v) is 5.24. The lowest BCUT2D eigenvalue weighted by atomic mass is 10.0. The first-order valence-corrected chi connectivity index (χ1v) is 12.0. The van der Waals surface area contributed by atoms with Gasteiger partial charge in [0.2, 0.25) is 11.4 Å². The smallest absolute Gasteiger partial charge is 0.416 e. The van der Waals surface area contributed by atoms with Gasteiger partial charge < -0.3 is 24.8 Å². The molecule has 37 heavy (non-hydrogen) atoms. The molecule has 4 rings (SSSR count). The number of carbonyl (C=O) groups is 2. The second kappa shape index (κ2) is 11.0. The van der Waals surface area contributed by atoms with Crippen molar-refractivity contribution in [3.8, 4) is 5.88 Å². The van der Waals surface area contributed by atoms with Crippen LogP contribution in [0.25, 0.3) is 0 Å². The number of thioether (sulfide) groups is 1. The number of primary amides is 1. The fourth-order valence-electron chi connectivity index (χ4n) is 4.20. The van der Waals surface area contributed by atoms with E-state index in [9.17, 15) is 22.8 Å². The van der Waals surface area contributed by atoms with E-state index >= 15 is 0 Å². The van der Waals surface area contributed by atoms with Gasteiger partial charge >= 0.3 is 18.3 Å². The van der Waals surface area contributed by atoms with Crippen LogP contribution in [0.5, 0.6) is 5.88 Å². The van der Waals surface area contributed by atoms with Gasteiger partial charge in [-0.3, -0.25) is 4.90 Å². The molecule has 0 aliphatic carbocycles. The number of rotatable bonds is 6. The monoisotopic (exact) mass is 542 g/mol. The van der Waals surface area contributed by atoms with Gasteiger partial charge in [0, 0.05) is 33.3 Å². The number of benzene rings is 1. The van der Waals surface area contributed by atoms with Crippen LogP contribution in [0, 0.1) is 0 Å². The normalized spacial score (nSPS) is 18.9. The summed E-state index contributed by atoms with van der Waals surface area (Å²) in [5, 5.41) is 0.372. The molecule has 2 aliphatic heterocycles. The maximum absolute atomic E-state index is 13.2. The van der Waals surface area contributed by atoms with E-state index in [1.165, 1.54) is 31.5 Å². The topological polar surface area (TPSA) is 123 Å². The van der Waals surface area contributed by atoms with Crippen LogP contribution in [0.3, 0.4) is 0 Å². The van der Waals surface area contributed by atoms with Gasteiger partial charge in [0.15, 0.2) is 0 Å². The lowest BCUT2D eigenvalue weighted by Gasteiger charge is -2.39. The van der Waals surface area contributed by atoms with E-state index in [4.69, 9.17) is 19.9 Å². The molecule has 1 aromatic heterocycles. The summed E-state index contributed by atoms with van der Waals surface area (Å²) in [7, 11) is 2.86. The van der Waals surface area contributed by atoms with Crippen LogP contribution in [0.4, 0.5) is 28.4 Å². The number of aromatic nitrogens is 2. The summed E-state index contributed by atoms with van der Waals surface area (Å²) in [5.41, 5.74) is 4.38. The average molecular weight is 543 g/mol. The molecule has 0 spiro atoms. The van der Waals surface area contributed by atoms with E-state index in [0.29, 0.717) is 23.7 Å². The van der Waals surface area contributed by atoms with Crippen molar-refractivity contribution in [1.29, 1.82) is 0 Å². The summed E-state index contributed by atoms with van der Waals surface area (Å²) in [4.78, 5) is 37.6. The number of nitrogens with two attached hydrogens (primary N) is 1. The number of anilines is 1. The molecule has 15 heteroatoms. The van der Waals surface area contributed by atoms with Crippen molar-refractivity contribution in [2.45, 2.75) is 22.8 Å². The quantitative estimate of drug-likeness (QED) is 0.549. The Bertz CT molecular complexity index is 1150. The minimum Gasteiger partial charge on any atom is -0.479 e. The van der Waals surface area contributed by atoms with E-state index in [2.05, 4.69) is 9.97 Å². The summed E-state index contributed by atoms with van der Waals surface area (Å²) >= 11 is 1.01. The SMILES string of the molecule is COCC(c1cccc(C(F)(F)F)c1)N1CCN(C(=O)OC2Sc3ncnc(OC)c3N2C(N)=O)CC1. The van der Waals surface area contributed by atoms with Crippen molar-refractivity contribution in [1.82, 2.24) is 19.8 Å². The predicted molar refractivity (Wildman–Crippen MR) is 126 cm³/mol. The molecule has 11 nitrogen and oxygen atoms in total. The highest BCUT2D eigenvalue weighted by molar-refractivity contribution is 8.00. The van der Waals surface area contributed by atoms with Crippen molar-refractivity contribution >= 4 is 29.6 Å². The summed E-state index contributed by atoms with van der Waals surface area (Å²) < 4.78 is 55.7. The van der Waals surface area contributed by atoms with Crippen LogP contribution >= 0.6 is 11.8 Å². The Hall–Kier alpha value is -3.30. The van der Waals surface area contributed by atoms with Gasteiger partial charge in [0.25, 0.3) is 0 Å². The van der Waals surface area contributed by atoms with E-state index in [-0.39, 0.29) is 31.3 Å². The second-order valence-electron chi connectivity index (χ2n) is 8.17. The van der Waals surface area contributed by atoms with Crippen molar-refractivity contribution in [3.05, 3.63) is 41.7 Å². The minimum atomic E-state index is -4.46. The van der Waals surface area contributed by atoms with Crippen molar-refractivity contribution in [3.63, 3.8) is 0 Å². The Balaban J connectivity index is 1.41. The van der Waals surface area contributed by atoms with E-state index in [1.807, 2.05) is 4.90 Å². The highest BCUT2D eigenvalue weighted by Gasteiger charge is 2.42. The third-order valence-electron chi connectivity index (χ3n) is 5.99. The Morgan fingerprint density at radius 1 is 1.19 bits per heavy atom. The summed E-state index contributed by atoms with van der Waals surface area (Å²) in [6, 6.07) is 3.85. The molecule has 3 amide bonds. The zero-order chi connectivity index (χ0) is 26.7. The third kappa shape index (κ3) is 5.67. The van der Waals surface area contributed by atoms with Gasteiger partial charge in [-0.05, 0) is 29.5 Å². The van der Waals surface area contributed by atoms with Crippen molar-refractivity contribution in [2.75, 3.05) is 51.9 Å². The maximum Gasteiger partial charge on any atom is 0.416 e. The Labute approximate surface area is 214 Å². The highest BCUT2D eigenvalue weighted by atomic mass is 32.2. The number of piperazine rings is 1. The van der Waals surface area contributed by atoms with Gasteiger partial charge in [-0.15, -0.1) is 0 Å². The molecule has 2 aliphatic rings. The van der Waals surface area contributed by atoms with E-state index < -0.39 is 35.5 Å². The van der Waals surface area contributed by atoms with Crippen molar-refractivity contribution in [2.24, 2.45) is 5.73 Å². The highest BCUT2D eigenvalue weighted by Crippen LogP contribution is 2.46. The van der Waals surface area contributed by atoms with Crippen LogP contribution in [-0.2, 0) is 15.7 Å². The number of hydrogen-bond acceptors (Lipinski definition) is 9. The lowest BCUT2D eigenvalue weighted by Crippen LogP contribution is -2.52. The van der Waals surface area contributed by atoms with Gasteiger partial charge in [0.05, 0.1) is 25.3 Å². The average Bonchev–Trinajstić information content (AvgIpc) is 3.25. The Morgan fingerprint density at radius 3 is 2.54 bits per heavy atom. The zero-order valence-electron chi connectivity index (χ0n) is 20.0. The summed E-state index contributed by atoms with van der Waals surface area (Å²) in [6.45, 7) is 1.43. The summed E-state index contributed by atoms with van der Waals surface area (Å²) in [5.74, 6) is 0.113. The molecule has 2 N–H and O–H groups in total. The molecule has 0 saturated carbocycles. The molecule has 2 unspecified atom stereocenters. The number of fused-ring (bicyclic) bond motifs is 1. The van der Waals surface area contributed by atoms with Gasteiger partial charge in [-0.1, -0.05) is 12.1 Å². The molecule has 1 aromatic carbocycles. The number of urea groups is 1. The molecule has 200 valence electrons. The number of alkyl halides is 3. The standard InChI is InChI=1S/C22H25F3N6O5S/c1-34-11-15(13-4-3-5-14(10-13)22(23,24)25)29-6-8-30(9-7-29)20(33)36-21-31(19(26)32)16-17(35-2)27-12-28-18(16)37-21/h3-5,10,12,15,21H,6-9,11H2,1-2H3,(H2,26,32). The number of hydrogen-bond donors (Lipinski definition) is 1. The summed E-state index contributed by atoms with van der Waals surface area (Å²) in [6.07, 6.45) is -3.87. The largest absolute Gasteiger partial charge is 0.479 e. The molecule has 0 radical (unpaired) electrons. The number of methoxy groups -OCH3 is 2. The molecular weight excluding hydrogens is 517 g/mol. The number of carbonyl (C=O) groups excluding carboxylic acids is 2. The molecule has 0 bridgehead atoms. The van der Waals surface area contributed by atoms with Gasteiger partial charge in [-0.25, -0.2) is 19.5 Å². The van der Waals surface area contributed by atoms with Crippen molar-refractivity contribution < 1.29 is 37.0 Å². The molecule has 1 fully saturated rings. The van der Waals surface area contributed by atoms with Crippen LogP contribution in [0.2, 0.25) is 0 Å². The molecule has 1 saturated heterocycles. The van der Waals surface area contributed by atoms with Gasteiger partial charge in [-0.2, -0.15) is 18.2 Å². The number of amides is 3. The van der Waals surface area contributed by atoms with E-state index in [0.717, 1.165) is 28.8 Å². The minimum absolute atomic E-state index is 0.113. The van der Waals surface area contributed by atoms with Crippen LogP contribution in [0.1, 0.15) is 17.2 Å². The van der Waals surface area contributed by atoms with Crippen LogP contribution in [-0.4, -0.2) is 84.5 Å². The number of nitrogens with zero attached hydrogens (tertiary/aromatic N) is 5. The first-order chi connectivity index (χ1) is 17.6. The molecular formula is C22H25F3N6O5S. The lowest BCUT2D eigenvalue weighted by molar-refractivity contribution is -0.137. The number of halogens is 3. The molecule has 2 atom stereocenters. The second-order valence-corrected chi connectivity index (χ2v) is 9.20. The van der Waals surface area contributed by atoms with Gasteiger partial charge in [0.1, 0.15) is 17.0 Å². The molecule has 2 aromatic rings. The first kappa shape index (κ1) is 26.8. The zero-order valence-corrected chi connectivity index (χ0v) is 20.8. The Kier molecular flexibility index (Phi) is 7.94. The Morgan fingerprint density at radius 2 is 1.92 bits per heavy atom. The first-order valence-electron chi connectivity index (χ1n) is 11.1. The molecule has 3 heterocycles. The van der Waals surface area contributed by atoms with E-state index in [1.54, 1.807) is 6.07 Å². The fraction of sp³-hybridized carbons (Fsp3) is 0.455. The maximum atomic E-state index is 13.2. The van der Waals surface area contributed by atoms with Crippen LogP contribution < -0.4 is 15.4 Å². The van der Waals surface area contributed by atoms with Crippen LogP contribution in [0.15, 0.2) is 35.6 Å². The number of ether oxygens (including phenoxy) is 3.